The smallest absolute Gasteiger partial charge is 0.311 e. The minimum absolute atomic E-state index is 0.106. The van der Waals surface area contributed by atoms with E-state index < -0.39 is 22.2 Å². The molecular weight excluding hydrogens is 386 g/mol. The molecule has 0 unspecified atom stereocenters. The Balaban J connectivity index is 0.00000129. The van der Waals surface area contributed by atoms with Gasteiger partial charge in [-0.05, 0) is 43.9 Å². The number of hydrogen-bond acceptors (Lipinski definition) is 7. The maximum absolute atomic E-state index is 11.8. The molecule has 1 aromatic carbocycles. The molecule has 0 aliphatic carbocycles. The van der Waals surface area contributed by atoms with Gasteiger partial charge in [0, 0.05) is 12.1 Å². The van der Waals surface area contributed by atoms with Gasteiger partial charge in [-0.3, -0.25) is 9.35 Å². The number of aliphatic hydroxyl groups is 1. The van der Waals surface area contributed by atoms with E-state index in [4.69, 9.17) is 9.29 Å². The van der Waals surface area contributed by atoms with Crippen molar-refractivity contribution in [3.8, 4) is 11.5 Å². The standard InChI is InChI=1S/C18H29NO4.CH4O3S/c1-17(2,3)10-16(22)23-15-8-7-12(9-13(15)20)14(21)11-19-18(4,5)6;1-5(2,3)4/h7-9,14,19-21H,10-11H2,1-6H3;1H3,(H,2,3,4)/t14-;/m0./s1. The molecule has 0 aliphatic rings. The van der Waals surface area contributed by atoms with Crippen LogP contribution in [0.3, 0.4) is 0 Å². The Morgan fingerprint density at radius 1 is 1.18 bits per heavy atom. The number of carbonyl (C=O) groups is 1. The number of aromatic hydroxyl groups is 1. The molecule has 0 spiro atoms. The second-order valence-corrected chi connectivity index (χ2v) is 10.3. The lowest BCUT2D eigenvalue weighted by atomic mass is 9.92. The fourth-order valence-corrected chi connectivity index (χ4v) is 1.94. The van der Waals surface area contributed by atoms with E-state index in [1.54, 1.807) is 6.07 Å². The number of aliphatic hydroxyl groups excluding tert-OH is 1. The number of benzene rings is 1. The molecule has 0 aromatic heterocycles. The number of ether oxygens (including phenoxy) is 1. The van der Waals surface area contributed by atoms with Crippen molar-refractivity contribution in [3.63, 3.8) is 0 Å². The van der Waals surface area contributed by atoms with Crippen molar-refractivity contribution < 1.29 is 32.7 Å². The first-order valence-electron chi connectivity index (χ1n) is 8.76. The van der Waals surface area contributed by atoms with Crippen molar-refractivity contribution in [3.05, 3.63) is 23.8 Å². The zero-order valence-electron chi connectivity index (χ0n) is 17.6. The van der Waals surface area contributed by atoms with Gasteiger partial charge < -0.3 is 20.3 Å². The van der Waals surface area contributed by atoms with Crippen LogP contribution in [0.2, 0.25) is 0 Å². The highest BCUT2D eigenvalue weighted by Gasteiger charge is 2.20. The number of esters is 1. The minimum Gasteiger partial charge on any atom is -0.504 e. The van der Waals surface area contributed by atoms with Gasteiger partial charge in [-0.1, -0.05) is 26.8 Å². The summed E-state index contributed by atoms with van der Waals surface area (Å²) in [4.78, 5) is 11.8. The molecule has 0 saturated carbocycles. The molecule has 1 rings (SSSR count). The zero-order valence-corrected chi connectivity index (χ0v) is 18.4. The van der Waals surface area contributed by atoms with Crippen LogP contribution < -0.4 is 10.1 Å². The predicted molar refractivity (Wildman–Crippen MR) is 108 cm³/mol. The summed E-state index contributed by atoms with van der Waals surface area (Å²) in [6.45, 7) is 12.2. The van der Waals surface area contributed by atoms with Crippen molar-refractivity contribution in [2.75, 3.05) is 12.8 Å². The Labute approximate surface area is 167 Å². The summed E-state index contributed by atoms with van der Waals surface area (Å²) in [6, 6.07) is 4.58. The van der Waals surface area contributed by atoms with Crippen LogP contribution in [0, 0.1) is 5.41 Å². The summed E-state index contributed by atoms with van der Waals surface area (Å²) < 4.78 is 31.1. The molecule has 1 aromatic rings. The predicted octanol–water partition coefficient (Wildman–Crippen LogP) is 2.66. The lowest BCUT2D eigenvalue weighted by molar-refractivity contribution is -0.136. The maximum atomic E-state index is 11.8. The van der Waals surface area contributed by atoms with Gasteiger partial charge in [-0.25, -0.2) is 0 Å². The van der Waals surface area contributed by atoms with Crippen LogP contribution >= 0.6 is 0 Å². The molecule has 0 saturated heterocycles. The number of β-amino-alcohol motifs (C(OH)–C–C–N with tert-alkyl or cyclic N) is 1. The van der Waals surface area contributed by atoms with Gasteiger partial charge in [0.05, 0.1) is 18.8 Å². The third-order valence-electron chi connectivity index (χ3n) is 3.09. The van der Waals surface area contributed by atoms with E-state index in [1.807, 2.05) is 41.5 Å². The van der Waals surface area contributed by atoms with Gasteiger partial charge in [0.15, 0.2) is 11.5 Å². The average molecular weight is 420 g/mol. The van der Waals surface area contributed by atoms with E-state index >= 15 is 0 Å². The van der Waals surface area contributed by atoms with Gasteiger partial charge in [-0.15, -0.1) is 0 Å². The van der Waals surface area contributed by atoms with Gasteiger partial charge in [0.25, 0.3) is 10.1 Å². The Morgan fingerprint density at radius 2 is 1.68 bits per heavy atom. The molecule has 9 heteroatoms. The lowest BCUT2D eigenvalue weighted by Crippen LogP contribution is -2.38. The number of rotatable bonds is 5. The second kappa shape index (κ2) is 10.2. The Hall–Kier alpha value is -1.68. The van der Waals surface area contributed by atoms with Crippen molar-refractivity contribution in [1.82, 2.24) is 5.32 Å². The number of phenols is 1. The lowest BCUT2D eigenvalue weighted by Gasteiger charge is -2.23. The number of nitrogens with one attached hydrogen (secondary N) is 1. The van der Waals surface area contributed by atoms with Gasteiger partial charge in [-0.2, -0.15) is 8.42 Å². The molecule has 0 amide bonds. The normalized spacial score (nSPS) is 13.3. The van der Waals surface area contributed by atoms with Gasteiger partial charge >= 0.3 is 5.97 Å². The fourth-order valence-electron chi connectivity index (χ4n) is 1.94. The number of hydrogen-bond donors (Lipinski definition) is 4. The van der Waals surface area contributed by atoms with Crippen LogP contribution in [0.5, 0.6) is 11.5 Å². The van der Waals surface area contributed by atoms with Crippen LogP contribution in [0.1, 0.15) is 59.6 Å². The molecule has 0 bridgehead atoms. The molecule has 0 radical (unpaired) electrons. The van der Waals surface area contributed by atoms with Crippen molar-refractivity contribution in [2.45, 2.75) is 59.6 Å². The molecule has 1 atom stereocenters. The average Bonchev–Trinajstić information content (AvgIpc) is 2.42. The third-order valence-corrected chi connectivity index (χ3v) is 3.09. The largest absolute Gasteiger partial charge is 0.504 e. The van der Waals surface area contributed by atoms with Crippen LogP contribution in [-0.2, 0) is 14.9 Å². The Bertz CT molecular complexity index is 739. The highest BCUT2D eigenvalue weighted by molar-refractivity contribution is 7.85. The third kappa shape index (κ3) is 14.4. The molecule has 8 nitrogen and oxygen atoms in total. The molecule has 0 aliphatic heterocycles. The highest BCUT2D eigenvalue weighted by atomic mass is 32.2. The maximum Gasteiger partial charge on any atom is 0.311 e. The first kappa shape index (κ1) is 26.3. The first-order chi connectivity index (χ1) is 12.4. The zero-order chi connectivity index (χ0) is 22.3. The molecule has 0 heterocycles. The van der Waals surface area contributed by atoms with Crippen LogP contribution in [-0.4, -0.2) is 47.5 Å². The van der Waals surface area contributed by atoms with Crippen molar-refractivity contribution in [2.24, 2.45) is 5.41 Å². The van der Waals surface area contributed by atoms with Gasteiger partial charge in [0.2, 0.25) is 0 Å². The summed E-state index contributed by atoms with van der Waals surface area (Å²) >= 11 is 0. The summed E-state index contributed by atoms with van der Waals surface area (Å²) in [6.07, 6.45) is 0.221. The van der Waals surface area contributed by atoms with Crippen molar-refractivity contribution in [1.29, 1.82) is 0 Å². The summed E-state index contributed by atoms with van der Waals surface area (Å²) in [5.41, 5.74) is 0.280. The van der Waals surface area contributed by atoms with E-state index in [-0.39, 0.29) is 28.9 Å². The first-order valence-corrected chi connectivity index (χ1v) is 10.6. The Morgan fingerprint density at radius 3 is 2.07 bits per heavy atom. The summed E-state index contributed by atoms with van der Waals surface area (Å²) in [7, 11) is -3.67. The van der Waals surface area contributed by atoms with E-state index in [2.05, 4.69) is 5.32 Å². The number of phenolic OH excluding ortho intramolecular Hbond substituents is 1. The SMILES string of the molecule is CC(C)(C)CC(=O)Oc1ccc([C@@H](O)CNC(C)(C)C)cc1O.CS(=O)(=O)O. The van der Waals surface area contributed by atoms with Crippen molar-refractivity contribution >= 4 is 16.1 Å². The van der Waals surface area contributed by atoms with Crippen LogP contribution in [0.25, 0.3) is 0 Å². The molecule has 162 valence electrons. The topological polar surface area (TPSA) is 133 Å². The Kier molecular flexibility index (Phi) is 9.59. The van der Waals surface area contributed by atoms with E-state index in [9.17, 15) is 23.4 Å². The number of carbonyl (C=O) groups excluding carboxylic acids is 1. The van der Waals surface area contributed by atoms with E-state index in [0.29, 0.717) is 18.4 Å². The minimum atomic E-state index is -3.67. The van der Waals surface area contributed by atoms with E-state index in [1.165, 1.54) is 12.1 Å². The summed E-state index contributed by atoms with van der Waals surface area (Å²) in [5, 5.41) is 23.4. The monoisotopic (exact) mass is 419 g/mol. The molecule has 28 heavy (non-hydrogen) atoms. The molecule has 0 fully saturated rings. The van der Waals surface area contributed by atoms with Gasteiger partial charge in [0.1, 0.15) is 0 Å². The molecule has 4 N–H and O–H groups in total. The quantitative estimate of drug-likeness (QED) is 0.325. The second-order valence-electron chi connectivity index (χ2n) is 8.82. The fraction of sp³-hybridized carbons (Fsp3) is 0.632. The molecular formula is C19H33NO7S. The van der Waals surface area contributed by atoms with Crippen LogP contribution in [0.15, 0.2) is 18.2 Å². The highest BCUT2D eigenvalue weighted by Crippen LogP contribution is 2.30. The van der Waals surface area contributed by atoms with Crippen LogP contribution in [0.4, 0.5) is 0 Å². The van der Waals surface area contributed by atoms with E-state index in [0.717, 1.165) is 0 Å². The summed E-state index contributed by atoms with van der Waals surface area (Å²) in [5.74, 6) is -0.436.